The number of aromatic amines is 1. The van der Waals surface area contributed by atoms with E-state index in [-0.39, 0.29) is 13.0 Å². The molecule has 1 atom stereocenters. The molecule has 2 amide bonds. The number of fused-ring (bicyclic) bond motifs is 1. The van der Waals surface area contributed by atoms with Crippen molar-refractivity contribution in [3.8, 4) is 0 Å². The van der Waals surface area contributed by atoms with E-state index in [0.29, 0.717) is 16.0 Å². The number of nitrogens with zero attached hydrogens (tertiary/aromatic N) is 1. The quantitative estimate of drug-likeness (QED) is 0.575. The molecule has 32 heavy (non-hydrogen) atoms. The van der Waals surface area contributed by atoms with Gasteiger partial charge in [-0.25, -0.2) is 14.4 Å². The smallest absolute Gasteiger partial charge is 0.420 e. The van der Waals surface area contributed by atoms with Crippen molar-refractivity contribution in [2.24, 2.45) is 0 Å². The van der Waals surface area contributed by atoms with Crippen LogP contribution in [-0.4, -0.2) is 44.8 Å². The Morgan fingerprint density at radius 1 is 1.00 bits per heavy atom. The van der Waals surface area contributed by atoms with Crippen LogP contribution in [0.1, 0.15) is 31.9 Å². The van der Waals surface area contributed by atoms with E-state index in [2.05, 4.69) is 4.98 Å². The Hall–Kier alpha value is -3.81. The maximum Gasteiger partial charge on any atom is 0.420 e. The number of carboxylic acid groups (broad SMARTS) is 1. The van der Waals surface area contributed by atoms with Gasteiger partial charge in [-0.2, -0.15) is 4.90 Å². The van der Waals surface area contributed by atoms with Crippen molar-refractivity contribution in [3.05, 3.63) is 71.9 Å². The van der Waals surface area contributed by atoms with Crippen LogP contribution in [0.3, 0.4) is 0 Å². The highest BCUT2D eigenvalue weighted by Gasteiger charge is 2.39. The lowest BCUT2D eigenvalue weighted by molar-refractivity contribution is -0.142. The number of hydrogen-bond acceptors (Lipinski definition) is 5. The fraction of sp³-hybridized carbons (Fsp3) is 0.292. The molecule has 0 bridgehead atoms. The molecule has 0 aliphatic heterocycles. The largest absolute Gasteiger partial charge is 0.480 e. The number of H-pyrrole nitrogens is 1. The van der Waals surface area contributed by atoms with E-state index in [4.69, 9.17) is 9.47 Å². The van der Waals surface area contributed by atoms with Gasteiger partial charge < -0.3 is 19.6 Å². The van der Waals surface area contributed by atoms with E-state index >= 15 is 0 Å². The van der Waals surface area contributed by atoms with Gasteiger partial charge in [0.1, 0.15) is 18.2 Å². The van der Waals surface area contributed by atoms with E-state index in [1.165, 1.54) is 0 Å². The molecule has 1 heterocycles. The van der Waals surface area contributed by atoms with E-state index in [1.807, 2.05) is 30.3 Å². The lowest BCUT2D eigenvalue weighted by Gasteiger charge is -2.29. The van der Waals surface area contributed by atoms with Gasteiger partial charge in [-0.3, -0.25) is 0 Å². The molecule has 2 aromatic carbocycles. The molecule has 0 radical (unpaired) electrons. The third kappa shape index (κ3) is 5.66. The standard InChI is InChI=1S/C24H26N2O6/c1-24(2,3)32-23(30)26(22(29)31-15-16-9-5-4-6-10-16)20(21(27)28)13-17-14-25-19-12-8-7-11-18(17)19/h4-12,14,20,25H,13,15H2,1-3H3,(H,27,28)/t20-/m1/s1. The highest BCUT2D eigenvalue weighted by molar-refractivity contribution is 5.94. The van der Waals surface area contributed by atoms with Crippen LogP contribution in [-0.2, 0) is 27.3 Å². The summed E-state index contributed by atoms with van der Waals surface area (Å²) < 4.78 is 10.6. The summed E-state index contributed by atoms with van der Waals surface area (Å²) >= 11 is 0. The minimum atomic E-state index is -1.52. The Bertz CT molecular complexity index is 1100. The van der Waals surface area contributed by atoms with Crippen molar-refractivity contribution in [2.45, 2.75) is 45.4 Å². The predicted molar refractivity (Wildman–Crippen MR) is 118 cm³/mol. The molecule has 0 unspecified atom stereocenters. The van der Waals surface area contributed by atoms with Gasteiger partial charge in [0.15, 0.2) is 0 Å². The molecule has 0 fully saturated rings. The summed E-state index contributed by atoms with van der Waals surface area (Å²) in [6.45, 7) is 4.79. The van der Waals surface area contributed by atoms with Gasteiger partial charge >= 0.3 is 18.2 Å². The summed E-state index contributed by atoms with van der Waals surface area (Å²) in [5, 5.41) is 10.7. The van der Waals surface area contributed by atoms with Gasteiger partial charge in [0, 0.05) is 23.5 Å². The van der Waals surface area contributed by atoms with Crippen LogP contribution in [0.15, 0.2) is 60.8 Å². The molecule has 8 nitrogen and oxygen atoms in total. The van der Waals surface area contributed by atoms with Crippen molar-refractivity contribution in [2.75, 3.05) is 0 Å². The molecule has 0 spiro atoms. The normalized spacial score (nSPS) is 12.2. The third-order valence-electron chi connectivity index (χ3n) is 4.68. The van der Waals surface area contributed by atoms with Gasteiger partial charge in [-0.15, -0.1) is 0 Å². The maximum atomic E-state index is 12.9. The van der Waals surface area contributed by atoms with Gasteiger partial charge in [0.2, 0.25) is 0 Å². The van der Waals surface area contributed by atoms with Crippen LogP contribution < -0.4 is 0 Å². The van der Waals surface area contributed by atoms with Crippen LogP contribution in [0, 0.1) is 0 Å². The fourth-order valence-corrected chi connectivity index (χ4v) is 3.23. The molecular weight excluding hydrogens is 412 g/mol. The molecule has 0 aliphatic carbocycles. The second-order valence-corrected chi connectivity index (χ2v) is 8.31. The number of imide groups is 1. The average molecular weight is 438 g/mol. The summed E-state index contributed by atoms with van der Waals surface area (Å²) in [5.74, 6) is -1.35. The first-order chi connectivity index (χ1) is 15.2. The Labute approximate surface area is 185 Å². The minimum Gasteiger partial charge on any atom is -0.480 e. The molecule has 0 saturated carbocycles. The maximum absolute atomic E-state index is 12.9. The first kappa shape index (κ1) is 22.9. The van der Waals surface area contributed by atoms with E-state index < -0.39 is 29.8 Å². The van der Waals surface area contributed by atoms with E-state index in [1.54, 1.807) is 51.2 Å². The zero-order valence-corrected chi connectivity index (χ0v) is 18.2. The zero-order valence-electron chi connectivity index (χ0n) is 18.2. The van der Waals surface area contributed by atoms with Crippen molar-refractivity contribution < 1.29 is 29.0 Å². The molecule has 1 aromatic heterocycles. The van der Waals surface area contributed by atoms with Crippen molar-refractivity contribution >= 4 is 29.1 Å². The summed E-state index contributed by atoms with van der Waals surface area (Å²) in [6, 6.07) is 14.8. The SMILES string of the molecule is CC(C)(C)OC(=O)N(C(=O)OCc1ccccc1)[C@H](Cc1c[nH]c2ccccc12)C(=O)O. The van der Waals surface area contributed by atoms with Crippen LogP contribution in [0.25, 0.3) is 10.9 Å². The number of carbonyl (C=O) groups is 3. The van der Waals surface area contributed by atoms with Crippen LogP contribution >= 0.6 is 0 Å². The second-order valence-electron chi connectivity index (χ2n) is 8.31. The van der Waals surface area contributed by atoms with Gasteiger partial charge in [0.25, 0.3) is 0 Å². The number of benzene rings is 2. The molecule has 8 heteroatoms. The average Bonchev–Trinajstić information content (AvgIpc) is 3.14. The summed E-state index contributed by atoms with van der Waals surface area (Å²) in [4.78, 5) is 41.6. The van der Waals surface area contributed by atoms with Crippen molar-refractivity contribution in [3.63, 3.8) is 0 Å². The summed E-state index contributed by atoms with van der Waals surface area (Å²) in [7, 11) is 0. The first-order valence-electron chi connectivity index (χ1n) is 10.2. The summed E-state index contributed by atoms with van der Waals surface area (Å²) in [5.41, 5.74) is 1.24. The molecule has 2 N–H and O–H groups in total. The van der Waals surface area contributed by atoms with Crippen molar-refractivity contribution in [1.82, 2.24) is 9.88 Å². The monoisotopic (exact) mass is 438 g/mol. The van der Waals surface area contributed by atoms with E-state index in [0.717, 1.165) is 10.9 Å². The molecule has 0 aliphatic rings. The van der Waals surface area contributed by atoms with Gasteiger partial charge in [-0.1, -0.05) is 48.5 Å². The van der Waals surface area contributed by atoms with Gasteiger partial charge in [0.05, 0.1) is 0 Å². The lowest BCUT2D eigenvalue weighted by atomic mass is 10.0. The molecular formula is C24H26N2O6. The number of para-hydroxylation sites is 1. The predicted octanol–water partition coefficient (Wildman–Crippen LogP) is 4.74. The number of amides is 2. The highest BCUT2D eigenvalue weighted by atomic mass is 16.6. The Morgan fingerprint density at radius 2 is 1.66 bits per heavy atom. The number of rotatable bonds is 6. The number of nitrogens with one attached hydrogen (secondary N) is 1. The second kappa shape index (κ2) is 9.55. The van der Waals surface area contributed by atoms with Gasteiger partial charge in [-0.05, 0) is 38.0 Å². The summed E-state index contributed by atoms with van der Waals surface area (Å²) in [6.07, 6.45) is -0.611. The number of carbonyl (C=O) groups excluding carboxylic acids is 2. The lowest BCUT2D eigenvalue weighted by Crippen LogP contribution is -2.51. The Morgan fingerprint density at radius 3 is 2.31 bits per heavy atom. The highest BCUT2D eigenvalue weighted by Crippen LogP contribution is 2.23. The first-order valence-corrected chi connectivity index (χ1v) is 10.2. The molecule has 3 aromatic rings. The third-order valence-corrected chi connectivity index (χ3v) is 4.68. The Kier molecular flexibility index (Phi) is 6.82. The Balaban J connectivity index is 1.89. The minimum absolute atomic E-state index is 0.112. The number of carboxylic acids is 1. The fourth-order valence-electron chi connectivity index (χ4n) is 3.23. The number of aliphatic carboxylic acids is 1. The number of aromatic nitrogens is 1. The van der Waals surface area contributed by atoms with Crippen LogP contribution in [0.2, 0.25) is 0 Å². The molecule has 0 saturated heterocycles. The van der Waals surface area contributed by atoms with Crippen LogP contribution in [0.4, 0.5) is 9.59 Å². The zero-order chi connectivity index (χ0) is 23.3. The topological polar surface area (TPSA) is 109 Å². The number of hydrogen-bond donors (Lipinski definition) is 2. The van der Waals surface area contributed by atoms with Crippen LogP contribution in [0.5, 0.6) is 0 Å². The van der Waals surface area contributed by atoms with E-state index in [9.17, 15) is 19.5 Å². The van der Waals surface area contributed by atoms with Crippen molar-refractivity contribution in [1.29, 1.82) is 0 Å². The molecule has 3 rings (SSSR count). The number of ether oxygens (including phenoxy) is 2. The molecule has 168 valence electrons.